The Balaban J connectivity index is 1.29. The van der Waals surface area contributed by atoms with E-state index in [1.807, 2.05) is 24.3 Å². The lowest BCUT2D eigenvalue weighted by molar-refractivity contribution is -0.160. The number of amides is 3. The van der Waals surface area contributed by atoms with Gasteiger partial charge in [0.1, 0.15) is 6.04 Å². The van der Waals surface area contributed by atoms with Crippen molar-refractivity contribution >= 4 is 29.6 Å². The van der Waals surface area contributed by atoms with Crippen LogP contribution >= 0.6 is 0 Å². The molecule has 1 aromatic carbocycles. The van der Waals surface area contributed by atoms with Gasteiger partial charge in [0.2, 0.25) is 18.2 Å². The summed E-state index contributed by atoms with van der Waals surface area (Å²) in [7, 11) is 0. The number of nitrogens with one attached hydrogen (secondary N) is 1. The molecule has 2 N–H and O–H groups in total. The van der Waals surface area contributed by atoms with Crippen molar-refractivity contribution in [2.75, 3.05) is 49.6 Å². The first kappa shape index (κ1) is 24.1. The zero-order valence-electron chi connectivity index (χ0n) is 20.4. The summed E-state index contributed by atoms with van der Waals surface area (Å²) in [6, 6.07) is 7.29. The predicted molar refractivity (Wildman–Crippen MR) is 130 cm³/mol. The van der Waals surface area contributed by atoms with E-state index in [1.54, 1.807) is 4.90 Å². The number of carbonyl (C=O) groups is 3. The van der Waals surface area contributed by atoms with E-state index in [0.29, 0.717) is 49.8 Å². The number of hydroxylamine groups is 2. The quantitative estimate of drug-likeness (QED) is 0.317. The van der Waals surface area contributed by atoms with Crippen molar-refractivity contribution in [1.29, 1.82) is 0 Å². The highest BCUT2D eigenvalue weighted by molar-refractivity contribution is 5.99. The molecular weight excluding hydrogens is 448 g/mol. The molecule has 3 atom stereocenters. The highest BCUT2D eigenvalue weighted by Crippen LogP contribution is 2.60. The first-order valence-corrected chi connectivity index (χ1v) is 12.9. The lowest BCUT2D eigenvalue weighted by Crippen LogP contribution is -2.49. The fraction of sp³-hybridized carbons (Fsp3) is 0.654. The van der Waals surface area contributed by atoms with E-state index in [0.717, 1.165) is 44.5 Å². The molecule has 0 aromatic heterocycles. The van der Waals surface area contributed by atoms with Crippen molar-refractivity contribution in [2.24, 2.45) is 16.7 Å². The molecule has 9 nitrogen and oxygen atoms in total. The SMILES string of the molecule is CCCC1CC1(CN(O)C=O)C(=O)N1CC2(CC2)C[C@H]1C(=O)Nc1ccc(N2CCOCC2)cc1. The molecule has 4 aliphatic rings. The third-order valence-electron chi connectivity index (χ3n) is 8.40. The Kier molecular flexibility index (Phi) is 6.48. The van der Waals surface area contributed by atoms with Gasteiger partial charge in [-0.15, -0.1) is 0 Å². The predicted octanol–water partition coefficient (Wildman–Crippen LogP) is 2.50. The fourth-order valence-electron chi connectivity index (χ4n) is 6.09. The van der Waals surface area contributed by atoms with Crippen molar-refractivity contribution < 1.29 is 24.3 Å². The number of rotatable bonds is 9. The van der Waals surface area contributed by atoms with Gasteiger partial charge in [-0.3, -0.25) is 19.6 Å². The van der Waals surface area contributed by atoms with E-state index in [9.17, 15) is 19.6 Å². The van der Waals surface area contributed by atoms with Gasteiger partial charge < -0.3 is 19.9 Å². The van der Waals surface area contributed by atoms with Gasteiger partial charge in [0, 0.05) is 31.0 Å². The monoisotopic (exact) mass is 484 g/mol. The molecule has 2 heterocycles. The van der Waals surface area contributed by atoms with E-state index < -0.39 is 11.5 Å². The first-order valence-electron chi connectivity index (χ1n) is 12.9. The Morgan fingerprint density at radius 3 is 2.54 bits per heavy atom. The molecule has 2 unspecified atom stereocenters. The van der Waals surface area contributed by atoms with Crippen LogP contribution < -0.4 is 10.2 Å². The Hall–Kier alpha value is -2.65. The molecule has 5 rings (SSSR count). The van der Waals surface area contributed by atoms with Crippen LogP contribution in [0.3, 0.4) is 0 Å². The second-order valence-electron chi connectivity index (χ2n) is 10.8. The van der Waals surface area contributed by atoms with Crippen LogP contribution in [0.2, 0.25) is 0 Å². The minimum absolute atomic E-state index is 0.0131. The zero-order chi connectivity index (χ0) is 24.6. The molecule has 190 valence electrons. The average molecular weight is 485 g/mol. The second kappa shape index (κ2) is 9.43. The number of hydrogen-bond donors (Lipinski definition) is 2. The van der Waals surface area contributed by atoms with Gasteiger partial charge >= 0.3 is 0 Å². The topological polar surface area (TPSA) is 102 Å². The summed E-state index contributed by atoms with van der Waals surface area (Å²) in [6.07, 6.45) is 5.52. The number of nitrogens with zero attached hydrogens (tertiary/aromatic N) is 3. The molecule has 9 heteroatoms. The number of morpholine rings is 1. The second-order valence-corrected chi connectivity index (χ2v) is 10.8. The minimum Gasteiger partial charge on any atom is -0.378 e. The maximum absolute atomic E-state index is 13.8. The maximum Gasteiger partial charge on any atom is 0.247 e. The first-order chi connectivity index (χ1) is 16.9. The molecular formula is C26H36N4O5. The van der Waals surface area contributed by atoms with Crippen LogP contribution in [0.25, 0.3) is 0 Å². The van der Waals surface area contributed by atoms with Crippen LogP contribution in [0.1, 0.15) is 45.4 Å². The molecule has 0 bridgehead atoms. The number of benzene rings is 1. The highest BCUT2D eigenvalue weighted by Gasteiger charge is 2.65. The number of carbonyl (C=O) groups excluding carboxylic acids is 3. The lowest BCUT2D eigenvalue weighted by atomic mass is 9.98. The summed E-state index contributed by atoms with van der Waals surface area (Å²) < 4.78 is 5.42. The van der Waals surface area contributed by atoms with Gasteiger partial charge in [0.25, 0.3) is 0 Å². The van der Waals surface area contributed by atoms with Crippen molar-refractivity contribution in [1.82, 2.24) is 9.96 Å². The number of hydrogen-bond acceptors (Lipinski definition) is 6. The summed E-state index contributed by atoms with van der Waals surface area (Å²) in [6.45, 7) is 5.76. The van der Waals surface area contributed by atoms with Crippen LogP contribution in [0.5, 0.6) is 0 Å². The van der Waals surface area contributed by atoms with Crippen LogP contribution in [-0.4, -0.2) is 78.8 Å². The molecule has 2 saturated heterocycles. The van der Waals surface area contributed by atoms with Gasteiger partial charge in [-0.05, 0) is 67.7 Å². The molecule has 2 aliphatic heterocycles. The maximum atomic E-state index is 13.8. The minimum atomic E-state index is -0.787. The molecule has 2 saturated carbocycles. The normalized spacial score (nSPS) is 28.6. The number of ether oxygens (including phenoxy) is 1. The average Bonchev–Trinajstić information content (AvgIpc) is 3.75. The Morgan fingerprint density at radius 1 is 1.20 bits per heavy atom. The molecule has 0 radical (unpaired) electrons. The van der Waals surface area contributed by atoms with Crippen LogP contribution in [0, 0.1) is 16.7 Å². The van der Waals surface area contributed by atoms with Crippen LogP contribution in [-0.2, 0) is 19.1 Å². The van der Waals surface area contributed by atoms with Gasteiger partial charge in [0.15, 0.2) is 0 Å². The Morgan fingerprint density at radius 2 is 1.91 bits per heavy atom. The Bertz CT molecular complexity index is 959. The molecule has 2 aliphatic carbocycles. The number of anilines is 2. The molecule has 4 fully saturated rings. The standard InChI is InChI=1S/C26H36N4O5/c1-2-3-19-14-26(19,17-29(34)18-31)24(33)30-16-25(8-9-25)15-22(30)23(32)27-20-4-6-21(7-5-20)28-10-12-35-13-11-28/h4-7,18-19,22,34H,2-3,8-17H2,1H3,(H,27,32)/t19?,22-,26?/m0/s1. The molecule has 1 spiro atoms. The van der Waals surface area contributed by atoms with Gasteiger partial charge in [0.05, 0.1) is 25.2 Å². The Labute approximate surface area is 206 Å². The van der Waals surface area contributed by atoms with E-state index in [4.69, 9.17) is 4.74 Å². The van der Waals surface area contributed by atoms with Crippen molar-refractivity contribution in [2.45, 2.75) is 51.5 Å². The van der Waals surface area contributed by atoms with Crippen molar-refractivity contribution in [3.05, 3.63) is 24.3 Å². The van der Waals surface area contributed by atoms with Crippen molar-refractivity contribution in [3.8, 4) is 0 Å². The van der Waals surface area contributed by atoms with Gasteiger partial charge in [-0.2, -0.15) is 0 Å². The summed E-state index contributed by atoms with van der Waals surface area (Å²) in [4.78, 5) is 42.4. The summed E-state index contributed by atoms with van der Waals surface area (Å²) in [5.41, 5.74) is 1.06. The highest BCUT2D eigenvalue weighted by atomic mass is 16.5. The van der Waals surface area contributed by atoms with E-state index in [2.05, 4.69) is 17.1 Å². The van der Waals surface area contributed by atoms with E-state index in [-0.39, 0.29) is 29.7 Å². The van der Waals surface area contributed by atoms with E-state index in [1.165, 1.54) is 0 Å². The fourth-order valence-corrected chi connectivity index (χ4v) is 6.09. The van der Waals surface area contributed by atoms with Gasteiger partial charge in [-0.1, -0.05) is 13.3 Å². The largest absolute Gasteiger partial charge is 0.378 e. The molecule has 35 heavy (non-hydrogen) atoms. The summed E-state index contributed by atoms with van der Waals surface area (Å²) in [5, 5.41) is 13.5. The third-order valence-corrected chi connectivity index (χ3v) is 8.40. The summed E-state index contributed by atoms with van der Waals surface area (Å²) >= 11 is 0. The third kappa shape index (κ3) is 4.76. The molecule has 3 amide bonds. The zero-order valence-corrected chi connectivity index (χ0v) is 20.4. The van der Waals surface area contributed by atoms with Crippen LogP contribution in [0.15, 0.2) is 24.3 Å². The number of likely N-dealkylation sites (tertiary alicyclic amines) is 1. The van der Waals surface area contributed by atoms with E-state index >= 15 is 0 Å². The smallest absolute Gasteiger partial charge is 0.247 e. The molecule has 1 aromatic rings. The summed E-state index contributed by atoms with van der Waals surface area (Å²) in [5.74, 6) is -0.134. The lowest BCUT2D eigenvalue weighted by Gasteiger charge is -2.30. The van der Waals surface area contributed by atoms with Crippen LogP contribution in [0.4, 0.5) is 11.4 Å². The van der Waals surface area contributed by atoms with Crippen molar-refractivity contribution in [3.63, 3.8) is 0 Å². The van der Waals surface area contributed by atoms with Gasteiger partial charge in [-0.25, -0.2) is 5.06 Å².